The monoisotopic (exact) mass is 355 g/mol. The highest BCUT2D eigenvalue weighted by molar-refractivity contribution is 9.10. The minimum atomic E-state index is -0.281. The molecule has 21 heavy (non-hydrogen) atoms. The number of methoxy groups -OCH3 is 1. The van der Waals surface area contributed by atoms with E-state index in [2.05, 4.69) is 33.3 Å². The Hall–Kier alpha value is -1.40. The lowest BCUT2D eigenvalue weighted by atomic mass is 10.0. The maximum Gasteiger partial charge on any atom is 0.161 e. The highest BCUT2D eigenvalue weighted by Crippen LogP contribution is 2.34. The van der Waals surface area contributed by atoms with Crippen molar-refractivity contribution in [2.75, 3.05) is 13.7 Å². The van der Waals surface area contributed by atoms with E-state index < -0.39 is 0 Å². The van der Waals surface area contributed by atoms with Crippen molar-refractivity contribution >= 4 is 15.9 Å². The summed E-state index contributed by atoms with van der Waals surface area (Å²) in [6, 6.07) is 4.84. The third-order valence-electron chi connectivity index (χ3n) is 3.33. The first kappa shape index (κ1) is 16.0. The molecule has 1 unspecified atom stereocenters. The number of nitrogens with zero attached hydrogens (tertiary/aromatic N) is 2. The van der Waals surface area contributed by atoms with E-state index in [-0.39, 0.29) is 11.9 Å². The molecule has 0 aliphatic carbocycles. The molecule has 1 aromatic carbocycles. The molecule has 0 fully saturated rings. The van der Waals surface area contributed by atoms with Crippen LogP contribution in [-0.2, 0) is 7.05 Å². The van der Waals surface area contributed by atoms with Gasteiger partial charge < -0.3 is 10.1 Å². The first-order valence-electron chi connectivity index (χ1n) is 6.83. The molecular weight excluding hydrogens is 337 g/mol. The number of ether oxygens (including phenoxy) is 1. The zero-order valence-electron chi connectivity index (χ0n) is 12.4. The smallest absolute Gasteiger partial charge is 0.161 e. The summed E-state index contributed by atoms with van der Waals surface area (Å²) in [6.45, 7) is 2.90. The van der Waals surface area contributed by atoms with E-state index >= 15 is 0 Å². The van der Waals surface area contributed by atoms with Gasteiger partial charge in [0.15, 0.2) is 5.75 Å². The molecule has 0 amide bonds. The molecular formula is C15H19BrFN3O. The predicted octanol–water partition coefficient (Wildman–Crippen LogP) is 3.42. The molecule has 1 aromatic heterocycles. The van der Waals surface area contributed by atoms with Crippen LogP contribution >= 0.6 is 15.9 Å². The van der Waals surface area contributed by atoms with Gasteiger partial charge in [-0.15, -0.1) is 0 Å². The molecule has 0 aliphatic heterocycles. The minimum Gasteiger partial charge on any atom is -0.493 e. The molecule has 1 N–H and O–H groups in total. The van der Waals surface area contributed by atoms with Gasteiger partial charge in [-0.25, -0.2) is 4.39 Å². The molecule has 2 aromatic rings. The van der Waals surface area contributed by atoms with Crippen LogP contribution in [0.1, 0.15) is 30.6 Å². The van der Waals surface area contributed by atoms with Crippen LogP contribution in [0.25, 0.3) is 0 Å². The fourth-order valence-electron chi connectivity index (χ4n) is 2.30. The first-order valence-corrected chi connectivity index (χ1v) is 7.62. The molecule has 4 nitrogen and oxygen atoms in total. The number of benzene rings is 1. The lowest BCUT2D eigenvalue weighted by Crippen LogP contribution is -2.26. The van der Waals surface area contributed by atoms with Gasteiger partial charge in [0.25, 0.3) is 0 Å². The molecule has 0 radical (unpaired) electrons. The highest BCUT2D eigenvalue weighted by Gasteiger charge is 2.24. The molecule has 0 aliphatic rings. The minimum absolute atomic E-state index is 0.197. The van der Waals surface area contributed by atoms with E-state index in [1.165, 1.54) is 6.07 Å². The number of halogens is 2. The van der Waals surface area contributed by atoms with Gasteiger partial charge in [-0.3, -0.25) is 4.68 Å². The molecule has 1 atom stereocenters. The number of nitrogens with one attached hydrogen (secondary N) is 1. The summed E-state index contributed by atoms with van der Waals surface area (Å²) < 4.78 is 21.5. The summed E-state index contributed by atoms with van der Waals surface area (Å²) >= 11 is 3.34. The molecule has 2 rings (SSSR count). The Morgan fingerprint density at radius 3 is 2.90 bits per heavy atom. The van der Waals surface area contributed by atoms with Crippen molar-refractivity contribution in [1.82, 2.24) is 15.1 Å². The van der Waals surface area contributed by atoms with E-state index in [0.717, 1.165) is 24.2 Å². The molecule has 0 saturated heterocycles. The Morgan fingerprint density at radius 1 is 1.48 bits per heavy atom. The van der Waals surface area contributed by atoms with Crippen LogP contribution in [0.4, 0.5) is 4.39 Å². The molecule has 114 valence electrons. The van der Waals surface area contributed by atoms with Gasteiger partial charge in [-0.05, 0) is 40.5 Å². The van der Waals surface area contributed by atoms with Crippen LogP contribution in [0.15, 0.2) is 28.9 Å². The highest BCUT2D eigenvalue weighted by atomic mass is 79.9. The third kappa shape index (κ3) is 3.27. The van der Waals surface area contributed by atoms with Crippen molar-refractivity contribution in [2.45, 2.75) is 19.4 Å². The van der Waals surface area contributed by atoms with Crippen LogP contribution in [0, 0.1) is 5.82 Å². The predicted molar refractivity (Wildman–Crippen MR) is 84.0 cm³/mol. The SMILES string of the molecule is CCCNC(c1cccc(F)c1Br)c1c(OC)cnn1C. The summed E-state index contributed by atoms with van der Waals surface area (Å²) in [7, 11) is 3.46. The standard InChI is InChI=1S/C15H19BrFN3O/c1-4-8-18-14(10-6-5-7-11(17)13(10)16)15-12(21-3)9-19-20(15)2/h5-7,9,14,18H,4,8H2,1-3H3. The summed E-state index contributed by atoms with van der Waals surface area (Å²) in [5.74, 6) is 0.402. The van der Waals surface area contributed by atoms with Crippen molar-refractivity contribution < 1.29 is 9.13 Å². The largest absolute Gasteiger partial charge is 0.493 e. The fourth-order valence-corrected chi connectivity index (χ4v) is 2.79. The molecule has 1 heterocycles. The Balaban J connectivity index is 2.52. The van der Waals surface area contributed by atoms with Gasteiger partial charge >= 0.3 is 0 Å². The van der Waals surface area contributed by atoms with Crippen LogP contribution < -0.4 is 10.1 Å². The van der Waals surface area contributed by atoms with E-state index in [0.29, 0.717) is 10.2 Å². The van der Waals surface area contributed by atoms with Gasteiger partial charge in [-0.1, -0.05) is 19.1 Å². The topological polar surface area (TPSA) is 39.1 Å². The summed E-state index contributed by atoms with van der Waals surface area (Å²) in [4.78, 5) is 0. The van der Waals surface area contributed by atoms with Crippen molar-refractivity contribution in [1.29, 1.82) is 0 Å². The van der Waals surface area contributed by atoms with Crippen LogP contribution in [0.2, 0.25) is 0 Å². The maximum absolute atomic E-state index is 13.9. The summed E-state index contributed by atoms with van der Waals surface area (Å²) in [5, 5.41) is 7.67. The van der Waals surface area contributed by atoms with E-state index in [4.69, 9.17) is 4.74 Å². The number of hydrogen-bond acceptors (Lipinski definition) is 3. The number of aromatic nitrogens is 2. The van der Waals surface area contributed by atoms with Gasteiger partial charge in [0.05, 0.1) is 23.8 Å². The lowest BCUT2D eigenvalue weighted by molar-refractivity contribution is 0.400. The van der Waals surface area contributed by atoms with Crippen LogP contribution in [-0.4, -0.2) is 23.4 Å². The van der Waals surface area contributed by atoms with Crippen molar-refractivity contribution in [3.05, 3.63) is 45.9 Å². The lowest BCUT2D eigenvalue weighted by Gasteiger charge is -2.22. The van der Waals surface area contributed by atoms with Gasteiger partial charge in [-0.2, -0.15) is 5.10 Å². The van der Waals surface area contributed by atoms with Crippen LogP contribution in [0.3, 0.4) is 0 Å². The number of rotatable bonds is 6. The first-order chi connectivity index (χ1) is 10.1. The Morgan fingerprint density at radius 2 is 2.24 bits per heavy atom. The zero-order chi connectivity index (χ0) is 15.4. The van der Waals surface area contributed by atoms with Crippen molar-refractivity contribution in [3.8, 4) is 5.75 Å². The molecule has 0 saturated carbocycles. The van der Waals surface area contributed by atoms with Crippen LogP contribution in [0.5, 0.6) is 5.75 Å². The number of aryl methyl sites for hydroxylation is 1. The van der Waals surface area contributed by atoms with E-state index in [9.17, 15) is 4.39 Å². The Bertz CT molecular complexity index is 615. The van der Waals surface area contributed by atoms with E-state index in [1.807, 2.05) is 13.1 Å². The summed E-state index contributed by atoms with van der Waals surface area (Å²) in [6.07, 6.45) is 2.65. The van der Waals surface area contributed by atoms with Gasteiger partial charge in [0, 0.05) is 7.05 Å². The van der Waals surface area contributed by atoms with Crippen molar-refractivity contribution in [2.24, 2.45) is 7.05 Å². The Labute approximate surface area is 132 Å². The normalized spacial score (nSPS) is 12.4. The second kappa shape index (κ2) is 7.04. The molecule has 0 spiro atoms. The second-order valence-electron chi connectivity index (χ2n) is 4.75. The average Bonchev–Trinajstić information content (AvgIpc) is 2.85. The Kier molecular flexibility index (Phi) is 5.36. The van der Waals surface area contributed by atoms with Gasteiger partial charge in [0.1, 0.15) is 11.5 Å². The summed E-state index contributed by atoms with van der Waals surface area (Å²) in [5.41, 5.74) is 1.70. The maximum atomic E-state index is 13.9. The van der Waals surface area contributed by atoms with E-state index in [1.54, 1.807) is 24.1 Å². The average molecular weight is 356 g/mol. The second-order valence-corrected chi connectivity index (χ2v) is 5.54. The number of hydrogen-bond donors (Lipinski definition) is 1. The fraction of sp³-hybridized carbons (Fsp3) is 0.400. The van der Waals surface area contributed by atoms with Crippen molar-refractivity contribution in [3.63, 3.8) is 0 Å². The van der Waals surface area contributed by atoms with Gasteiger partial charge in [0.2, 0.25) is 0 Å². The third-order valence-corrected chi connectivity index (χ3v) is 4.17. The molecule has 0 bridgehead atoms. The zero-order valence-corrected chi connectivity index (χ0v) is 13.9. The quantitative estimate of drug-likeness (QED) is 0.862. The molecule has 6 heteroatoms.